The Balaban J connectivity index is 2.73. The number of halogens is 1. The summed E-state index contributed by atoms with van der Waals surface area (Å²) in [5.74, 6) is -0.360. The number of nitrogens with zero attached hydrogens (tertiary/aromatic N) is 1. The van der Waals surface area contributed by atoms with Gasteiger partial charge in [0.2, 0.25) is 0 Å². The Bertz CT molecular complexity index is 631. The molecule has 0 saturated carbocycles. The van der Waals surface area contributed by atoms with Crippen LogP contribution in [0.25, 0.3) is 5.52 Å². The molecular formula is C14H16BrNO3. The largest absolute Gasteiger partial charge is 0.462 e. The number of hydrogen-bond acceptors (Lipinski definition) is 3. The van der Waals surface area contributed by atoms with Gasteiger partial charge in [0.15, 0.2) is 0 Å². The van der Waals surface area contributed by atoms with Crippen LogP contribution in [-0.4, -0.2) is 22.1 Å². The maximum atomic E-state index is 12.0. The number of esters is 1. The van der Waals surface area contributed by atoms with Crippen LogP contribution < -0.4 is 0 Å². The minimum Gasteiger partial charge on any atom is -0.462 e. The number of carbonyl (C=O) groups excluding carboxylic acids is 1. The molecule has 0 aliphatic carbocycles. The summed E-state index contributed by atoms with van der Waals surface area (Å²) < 4.78 is 7.84. The topological polar surface area (TPSA) is 50.9 Å². The molecule has 0 bridgehead atoms. The van der Waals surface area contributed by atoms with Gasteiger partial charge < -0.3 is 14.2 Å². The minimum atomic E-state index is -0.670. The Morgan fingerprint density at radius 3 is 2.79 bits per heavy atom. The van der Waals surface area contributed by atoms with Crippen molar-refractivity contribution in [1.82, 2.24) is 4.40 Å². The number of ether oxygens (including phenoxy) is 1. The van der Waals surface area contributed by atoms with E-state index in [-0.39, 0.29) is 5.97 Å². The summed E-state index contributed by atoms with van der Waals surface area (Å²) in [4.78, 5) is 12.0. The third kappa shape index (κ3) is 2.53. The first kappa shape index (κ1) is 14.1. The normalized spacial score (nSPS) is 12.7. The van der Waals surface area contributed by atoms with Crippen molar-refractivity contribution >= 4 is 27.4 Å². The Labute approximate surface area is 120 Å². The van der Waals surface area contributed by atoms with E-state index in [9.17, 15) is 9.90 Å². The average Bonchev–Trinajstić information content (AvgIpc) is 2.67. The maximum Gasteiger partial charge on any atom is 0.338 e. The number of aliphatic hydroxyl groups is 1. The van der Waals surface area contributed by atoms with Crippen LogP contribution in [0.15, 0.2) is 22.8 Å². The second kappa shape index (κ2) is 5.35. The van der Waals surface area contributed by atoms with Crippen LogP contribution in [0.5, 0.6) is 0 Å². The molecule has 0 aromatic carbocycles. The van der Waals surface area contributed by atoms with Crippen LogP contribution in [0.3, 0.4) is 0 Å². The highest BCUT2D eigenvalue weighted by atomic mass is 79.9. The van der Waals surface area contributed by atoms with Gasteiger partial charge in [-0.05, 0) is 54.4 Å². The molecule has 0 aliphatic heterocycles. The summed E-state index contributed by atoms with van der Waals surface area (Å²) in [7, 11) is 0. The molecule has 2 aromatic rings. The summed E-state index contributed by atoms with van der Waals surface area (Å²) in [6, 6.07) is 3.68. The molecular weight excluding hydrogens is 310 g/mol. The van der Waals surface area contributed by atoms with Gasteiger partial charge in [-0.3, -0.25) is 0 Å². The summed E-state index contributed by atoms with van der Waals surface area (Å²) in [6.45, 7) is 5.61. The zero-order valence-corrected chi connectivity index (χ0v) is 12.7. The lowest BCUT2D eigenvalue weighted by Gasteiger charge is -2.16. The Morgan fingerprint density at radius 2 is 2.21 bits per heavy atom. The smallest absolute Gasteiger partial charge is 0.338 e. The molecule has 1 atom stereocenters. The fraction of sp³-hybridized carbons (Fsp3) is 0.357. The molecule has 0 spiro atoms. The van der Waals surface area contributed by atoms with Crippen molar-refractivity contribution < 1.29 is 14.6 Å². The Hall–Kier alpha value is -1.33. The third-order valence-electron chi connectivity index (χ3n) is 3.05. The number of aromatic nitrogens is 1. The molecule has 2 aromatic heterocycles. The van der Waals surface area contributed by atoms with E-state index < -0.39 is 6.10 Å². The van der Waals surface area contributed by atoms with E-state index >= 15 is 0 Å². The predicted octanol–water partition coefficient (Wildman–Crippen LogP) is 3.24. The molecule has 1 unspecified atom stereocenters. The van der Waals surface area contributed by atoms with E-state index in [4.69, 9.17) is 4.74 Å². The lowest BCUT2D eigenvalue weighted by molar-refractivity contribution is 0.0525. The molecule has 0 fully saturated rings. The predicted molar refractivity (Wildman–Crippen MR) is 76.4 cm³/mol. The van der Waals surface area contributed by atoms with Gasteiger partial charge in [0, 0.05) is 16.2 Å². The van der Waals surface area contributed by atoms with Gasteiger partial charge in [-0.1, -0.05) is 0 Å². The van der Waals surface area contributed by atoms with Crippen LogP contribution in [0.1, 0.15) is 41.6 Å². The van der Waals surface area contributed by atoms with Crippen LogP contribution in [0.4, 0.5) is 0 Å². The number of aliphatic hydroxyl groups excluding tert-OH is 1. The number of hydrogen-bond donors (Lipinski definition) is 1. The van der Waals surface area contributed by atoms with Crippen LogP contribution in [0.2, 0.25) is 0 Å². The molecule has 2 heterocycles. The van der Waals surface area contributed by atoms with Gasteiger partial charge in [-0.2, -0.15) is 0 Å². The number of rotatable bonds is 3. The third-order valence-corrected chi connectivity index (χ3v) is 3.48. The minimum absolute atomic E-state index is 0.332. The summed E-state index contributed by atoms with van der Waals surface area (Å²) in [5, 5.41) is 9.96. The van der Waals surface area contributed by atoms with Crippen LogP contribution >= 0.6 is 15.9 Å². The highest BCUT2D eigenvalue weighted by Gasteiger charge is 2.19. The van der Waals surface area contributed by atoms with Crippen molar-refractivity contribution in [2.24, 2.45) is 0 Å². The Morgan fingerprint density at radius 1 is 1.53 bits per heavy atom. The second-order valence-electron chi connectivity index (χ2n) is 4.42. The molecule has 5 heteroatoms. The molecule has 102 valence electrons. The first-order chi connectivity index (χ1) is 8.95. The highest BCUT2D eigenvalue weighted by molar-refractivity contribution is 9.10. The van der Waals surface area contributed by atoms with Gasteiger partial charge in [0.25, 0.3) is 0 Å². The van der Waals surface area contributed by atoms with Gasteiger partial charge in [0.1, 0.15) is 0 Å². The molecule has 0 aliphatic rings. The van der Waals surface area contributed by atoms with Gasteiger partial charge in [-0.15, -0.1) is 0 Å². The van der Waals surface area contributed by atoms with Crippen LogP contribution in [0, 0.1) is 6.92 Å². The maximum absolute atomic E-state index is 12.0. The molecule has 0 saturated heterocycles. The quantitative estimate of drug-likeness (QED) is 0.881. The highest BCUT2D eigenvalue weighted by Crippen LogP contribution is 2.27. The summed E-state index contributed by atoms with van der Waals surface area (Å²) in [5.41, 5.74) is 2.78. The first-order valence-electron chi connectivity index (χ1n) is 6.12. The molecule has 0 radical (unpaired) electrons. The van der Waals surface area contributed by atoms with Gasteiger partial charge in [0.05, 0.1) is 24.0 Å². The lowest BCUT2D eigenvalue weighted by Crippen LogP contribution is -2.12. The van der Waals surface area contributed by atoms with E-state index in [1.807, 2.05) is 23.6 Å². The fourth-order valence-corrected chi connectivity index (χ4v) is 2.72. The molecule has 19 heavy (non-hydrogen) atoms. The van der Waals surface area contributed by atoms with Crippen molar-refractivity contribution in [3.8, 4) is 0 Å². The van der Waals surface area contributed by atoms with E-state index in [2.05, 4.69) is 15.9 Å². The lowest BCUT2D eigenvalue weighted by atomic mass is 10.0. The van der Waals surface area contributed by atoms with Gasteiger partial charge in [-0.25, -0.2) is 4.79 Å². The zero-order chi connectivity index (χ0) is 14.2. The zero-order valence-electron chi connectivity index (χ0n) is 11.1. The number of carbonyl (C=O) groups is 1. The van der Waals surface area contributed by atoms with Crippen molar-refractivity contribution in [3.63, 3.8) is 0 Å². The molecule has 2 rings (SSSR count). The van der Waals surface area contributed by atoms with Crippen molar-refractivity contribution in [1.29, 1.82) is 0 Å². The van der Waals surface area contributed by atoms with E-state index in [1.54, 1.807) is 19.9 Å². The Kier molecular flexibility index (Phi) is 3.96. The van der Waals surface area contributed by atoms with E-state index in [0.29, 0.717) is 17.9 Å². The van der Waals surface area contributed by atoms with Crippen molar-refractivity contribution in [2.75, 3.05) is 6.61 Å². The van der Waals surface area contributed by atoms with E-state index in [0.717, 1.165) is 15.6 Å². The van der Waals surface area contributed by atoms with Crippen molar-refractivity contribution in [2.45, 2.75) is 26.9 Å². The SMILES string of the molecule is CCOC(=O)c1cc2cc(Br)cn2c(C(C)O)c1C. The molecule has 1 N–H and O–H groups in total. The fourth-order valence-electron chi connectivity index (χ4n) is 2.28. The standard InChI is InChI=1S/C14H16BrNO3/c1-4-19-14(18)12-6-11-5-10(15)7-16(11)13(8(12)2)9(3)17/h5-7,9,17H,4H2,1-3H3. The number of pyridine rings is 1. The average molecular weight is 326 g/mol. The van der Waals surface area contributed by atoms with E-state index in [1.165, 1.54) is 0 Å². The van der Waals surface area contributed by atoms with Crippen molar-refractivity contribution in [3.05, 3.63) is 39.6 Å². The first-order valence-corrected chi connectivity index (χ1v) is 6.91. The van der Waals surface area contributed by atoms with Crippen LogP contribution in [-0.2, 0) is 4.74 Å². The summed E-state index contributed by atoms with van der Waals surface area (Å²) >= 11 is 3.41. The number of fused-ring (bicyclic) bond motifs is 1. The monoisotopic (exact) mass is 325 g/mol. The molecule has 0 amide bonds. The second-order valence-corrected chi connectivity index (χ2v) is 5.33. The summed E-state index contributed by atoms with van der Waals surface area (Å²) in [6.07, 6.45) is 1.20. The van der Waals surface area contributed by atoms with Gasteiger partial charge >= 0.3 is 5.97 Å². The molecule has 4 nitrogen and oxygen atoms in total.